The van der Waals surface area contributed by atoms with Gasteiger partial charge in [-0.15, -0.1) is 0 Å². The molecule has 3 nitrogen and oxygen atoms in total. The molecule has 0 bridgehead atoms. The summed E-state index contributed by atoms with van der Waals surface area (Å²) in [6.07, 6.45) is 3.70. The van der Waals surface area contributed by atoms with Crippen LogP contribution < -0.4 is 0 Å². The molecule has 1 fully saturated rings. The van der Waals surface area contributed by atoms with Crippen LogP contribution in [0.4, 0.5) is 0 Å². The molecule has 1 aliphatic rings. The van der Waals surface area contributed by atoms with Crippen molar-refractivity contribution in [2.45, 2.75) is 31.9 Å². The number of hydrogen-bond donors (Lipinski definition) is 2. The van der Waals surface area contributed by atoms with Crippen LogP contribution in [0.3, 0.4) is 0 Å². The van der Waals surface area contributed by atoms with Gasteiger partial charge in [0, 0.05) is 31.0 Å². The first-order valence-electron chi connectivity index (χ1n) is 5.33. The Morgan fingerprint density at radius 1 is 1.50 bits per heavy atom. The topological polar surface area (TPSA) is 39.3 Å². The standard InChI is InChI=1S/C11H18N2O/c1-9(11-3-2-6-12-11)13-7-4-10(14)5-8-13/h2-3,6,9-10,12,14H,4-5,7-8H2,1H3/t9-/m0/s1. The molecule has 1 aromatic heterocycles. The van der Waals surface area contributed by atoms with E-state index in [9.17, 15) is 5.11 Å². The van der Waals surface area contributed by atoms with Gasteiger partial charge < -0.3 is 10.1 Å². The van der Waals surface area contributed by atoms with Crippen molar-refractivity contribution in [3.05, 3.63) is 24.0 Å². The van der Waals surface area contributed by atoms with Gasteiger partial charge >= 0.3 is 0 Å². The number of aromatic amines is 1. The van der Waals surface area contributed by atoms with Crippen molar-refractivity contribution in [2.75, 3.05) is 13.1 Å². The molecule has 3 heteroatoms. The van der Waals surface area contributed by atoms with E-state index in [4.69, 9.17) is 0 Å². The van der Waals surface area contributed by atoms with Crippen molar-refractivity contribution in [2.24, 2.45) is 0 Å². The average Bonchev–Trinajstić information content (AvgIpc) is 2.71. The lowest BCUT2D eigenvalue weighted by atomic mass is 10.1. The summed E-state index contributed by atoms with van der Waals surface area (Å²) >= 11 is 0. The number of H-pyrrole nitrogens is 1. The predicted molar refractivity (Wildman–Crippen MR) is 56.0 cm³/mol. The summed E-state index contributed by atoms with van der Waals surface area (Å²) in [4.78, 5) is 5.66. The van der Waals surface area contributed by atoms with Crippen LogP contribution in [0.1, 0.15) is 31.5 Å². The lowest BCUT2D eigenvalue weighted by Crippen LogP contribution is -2.37. The van der Waals surface area contributed by atoms with Gasteiger partial charge in [-0.2, -0.15) is 0 Å². The summed E-state index contributed by atoms with van der Waals surface area (Å²) in [6.45, 7) is 4.21. The lowest BCUT2D eigenvalue weighted by molar-refractivity contribution is 0.0637. The fourth-order valence-electron chi connectivity index (χ4n) is 2.07. The van der Waals surface area contributed by atoms with Gasteiger partial charge in [0.15, 0.2) is 0 Å². The Kier molecular flexibility index (Phi) is 2.89. The molecule has 0 unspecified atom stereocenters. The van der Waals surface area contributed by atoms with Crippen LogP contribution in [-0.2, 0) is 0 Å². The van der Waals surface area contributed by atoms with Gasteiger partial charge in [0.2, 0.25) is 0 Å². The molecule has 1 aromatic rings. The Morgan fingerprint density at radius 2 is 2.21 bits per heavy atom. The van der Waals surface area contributed by atoms with Crippen molar-refractivity contribution in [1.29, 1.82) is 0 Å². The van der Waals surface area contributed by atoms with Crippen LogP contribution in [0.25, 0.3) is 0 Å². The molecule has 1 aliphatic heterocycles. The van der Waals surface area contributed by atoms with Crippen LogP contribution in [0.5, 0.6) is 0 Å². The molecule has 1 atom stereocenters. The zero-order valence-corrected chi connectivity index (χ0v) is 8.61. The largest absolute Gasteiger partial charge is 0.393 e. The van der Waals surface area contributed by atoms with Crippen molar-refractivity contribution in [1.82, 2.24) is 9.88 Å². The quantitative estimate of drug-likeness (QED) is 0.749. The van der Waals surface area contributed by atoms with Gasteiger partial charge in [-0.3, -0.25) is 4.90 Å². The smallest absolute Gasteiger partial charge is 0.0564 e. The van der Waals surface area contributed by atoms with Crippen LogP contribution in [0.2, 0.25) is 0 Å². The molecule has 0 aliphatic carbocycles. The Labute approximate surface area is 84.7 Å². The van der Waals surface area contributed by atoms with Gasteiger partial charge in [-0.1, -0.05) is 0 Å². The predicted octanol–water partition coefficient (Wildman–Crippen LogP) is 1.53. The number of nitrogens with one attached hydrogen (secondary N) is 1. The highest BCUT2D eigenvalue weighted by atomic mass is 16.3. The molecule has 2 N–H and O–H groups in total. The monoisotopic (exact) mass is 194 g/mol. The summed E-state index contributed by atoms with van der Waals surface area (Å²) in [7, 11) is 0. The van der Waals surface area contributed by atoms with Crippen molar-refractivity contribution in [3.63, 3.8) is 0 Å². The third-order valence-corrected chi connectivity index (χ3v) is 3.12. The molecule has 0 saturated carbocycles. The zero-order valence-electron chi connectivity index (χ0n) is 8.61. The van der Waals surface area contributed by atoms with Gasteiger partial charge in [0.05, 0.1) is 6.10 Å². The number of aliphatic hydroxyl groups excluding tert-OH is 1. The number of nitrogens with zero attached hydrogens (tertiary/aromatic N) is 1. The summed E-state index contributed by atoms with van der Waals surface area (Å²) in [5.74, 6) is 0. The molecule has 0 radical (unpaired) electrons. The number of rotatable bonds is 2. The van der Waals surface area contributed by atoms with E-state index in [2.05, 4.69) is 22.9 Å². The summed E-state index contributed by atoms with van der Waals surface area (Å²) in [5, 5.41) is 9.40. The van der Waals surface area contributed by atoms with Gasteiger partial charge in [0.1, 0.15) is 0 Å². The van der Waals surface area contributed by atoms with Crippen LogP contribution in [-0.4, -0.2) is 34.2 Å². The van der Waals surface area contributed by atoms with E-state index >= 15 is 0 Å². The maximum atomic E-state index is 9.40. The minimum Gasteiger partial charge on any atom is -0.393 e. The second-order valence-electron chi connectivity index (χ2n) is 4.07. The second-order valence-corrected chi connectivity index (χ2v) is 4.07. The molecule has 0 aromatic carbocycles. The van der Waals surface area contributed by atoms with Crippen LogP contribution >= 0.6 is 0 Å². The molecule has 0 amide bonds. The third kappa shape index (κ3) is 1.99. The van der Waals surface area contributed by atoms with Crippen LogP contribution in [0, 0.1) is 0 Å². The first-order valence-corrected chi connectivity index (χ1v) is 5.33. The lowest BCUT2D eigenvalue weighted by Gasteiger charge is -2.33. The fourth-order valence-corrected chi connectivity index (χ4v) is 2.07. The summed E-state index contributed by atoms with van der Waals surface area (Å²) in [5.41, 5.74) is 1.27. The highest BCUT2D eigenvalue weighted by Gasteiger charge is 2.22. The Bertz CT molecular complexity index is 263. The fraction of sp³-hybridized carbons (Fsp3) is 0.636. The van der Waals surface area contributed by atoms with E-state index in [-0.39, 0.29) is 6.10 Å². The zero-order chi connectivity index (χ0) is 9.97. The molecular weight excluding hydrogens is 176 g/mol. The highest BCUT2D eigenvalue weighted by Crippen LogP contribution is 2.22. The van der Waals surface area contributed by atoms with E-state index in [1.807, 2.05) is 12.3 Å². The minimum absolute atomic E-state index is 0.0814. The van der Waals surface area contributed by atoms with Gasteiger partial charge in [0.25, 0.3) is 0 Å². The van der Waals surface area contributed by atoms with Crippen molar-refractivity contribution < 1.29 is 5.11 Å². The van der Waals surface area contributed by atoms with Crippen LogP contribution in [0.15, 0.2) is 18.3 Å². The maximum Gasteiger partial charge on any atom is 0.0564 e. The first kappa shape index (κ1) is 9.74. The van der Waals surface area contributed by atoms with E-state index in [0.29, 0.717) is 6.04 Å². The molecule has 1 saturated heterocycles. The molecular formula is C11H18N2O. The molecule has 2 rings (SSSR count). The number of likely N-dealkylation sites (tertiary alicyclic amines) is 1. The summed E-state index contributed by atoms with van der Waals surface area (Å²) < 4.78 is 0. The Balaban J connectivity index is 1.95. The van der Waals surface area contributed by atoms with E-state index in [1.54, 1.807) is 0 Å². The normalized spacial score (nSPS) is 22.4. The first-order chi connectivity index (χ1) is 6.77. The second kappa shape index (κ2) is 4.15. The van der Waals surface area contributed by atoms with Crippen molar-refractivity contribution >= 4 is 0 Å². The molecule has 0 spiro atoms. The van der Waals surface area contributed by atoms with E-state index in [0.717, 1.165) is 25.9 Å². The average molecular weight is 194 g/mol. The third-order valence-electron chi connectivity index (χ3n) is 3.12. The molecule has 14 heavy (non-hydrogen) atoms. The van der Waals surface area contributed by atoms with E-state index in [1.165, 1.54) is 5.69 Å². The molecule has 78 valence electrons. The number of aliphatic hydroxyl groups is 1. The Hall–Kier alpha value is -0.800. The SMILES string of the molecule is C[C@@H](c1ccc[nH]1)N1CCC(O)CC1. The molecule has 2 heterocycles. The van der Waals surface area contributed by atoms with Gasteiger partial charge in [-0.25, -0.2) is 0 Å². The highest BCUT2D eigenvalue weighted by molar-refractivity contribution is 5.08. The number of aromatic nitrogens is 1. The number of piperidine rings is 1. The van der Waals surface area contributed by atoms with Crippen molar-refractivity contribution in [3.8, 4) is 0 Å². The number of hydrogen-bond acceptors (Lipinski definition) is 2. The maximum absolute atomic E-state index is 9.40. The van der Waals surface area contributed by atoms with Gasteiger partial charge in [-0.05, 0) is 31.9 Å². The minimum atomic E-state index is -0.0814. The Morgan fingerprint density at radius 3 is 2.79 bits per heavy atom. The van der Waals surface area contributed by atoms with E-state index < -0.39 is 0 Å². The summed E-state index contributed by atoms with van der Waals surface area (Å²) in [6, 6.07) is 4.60.